The van der Waals surface area contributed by atoms with E-state index >= 15 is 0 Å². The lowest BCUT2D eigenvalue weighted by molar-refractivity contribution is -0.137. The average Bonchev–Trinajstić information content (AvgIpc) is 3.30. The molecule has 4 aromatic rings. The third-order valence-corrected chi connectivity index (χ3v) is 10.7. The smallest absolute Gasteiger partial charge is 0.418 e. The molecule has 4 aromatic carbocycles. The highest BCUT2D eigenvalue weighted by Crippen LogP contribution is 2.46. The molecule has 0 aromatic heterocycles. The molecule has 1 aliphatic heterocycles. The van der Waals surface area contributed by atoms with E-state index in [1.807, 2.05) is 30.3 Å². The fourth-order valence-electron chi connectivity index (χ4n) is 5.90. The van der Waals surface area contributed by atoms with Gasteiger partial charge >= 0.3 is 19.9 Å². The monoisotopic (exact) mass is 810 g/mol. The topological polar surface area (TPSA) is 136 Å². The van der Waals surface area contributed by atoms with Crippen LogP contribution in [0.2, 0.25) is 5.02 Å². The molecule has 294 valence electrons. The van der Waals surface area contributed by atoms with Gasteiger partial charge < -0.3 is 24.0 Å². The predicted molar refractivity (Wildman–Crippen MR) is 208 cm³/mol. The summed E-state index contributed by atoms with van der Waals surface area (Å²) < 4.78 is 69.1. The number of hydrogen-bond acceptors (Lipinski definition) is 8. The molecule has 0 aliphatic carbocycles. The van der Waals surface area contributed by atoms with Crippen molar-refractivity contribution in [2.24, 2.45) is 4.99 Å². The summed E-state index contributed by atoms with van der Waals surface area (Å²) in [6.45, 7) is -1.15. The minimum absolute atomic E-state index is 0.0416. The Balaban J connectivity index is 1.41. The molecule has 0 bridgehead atoms. The lowest BCUT2D eigenvalue weighted by Crippen LogP contribution is -2.47. The van der Waals surface area contributed by atoms with E-state index in [9.17, 15) is 32.1 Å². The standard InChI is InChI=1S/C40H39ClF3N4O7P/c1-53-56(52,54-2)23-11-16-30(21-19-27-12-5-3-6-13-27)45-36(49)25-48-35-18-10-9-17-31(35)37(28-14-7-4-8-15-28)46-34(38(48)50)26-55-39(51)47-33-22-20-29(41)24-32(33)40(42,43)44/h3-18,20,22,24,30,34H,19,21,23,25-26H2,1-2H3,(H,45,49)(H,47,51)/b16-11+/t30-,34+/m0/s1. The average molecular weight is 811 g/mol. The highest BCUT2D eigenvalue weighted by molar-refractivity contribution is 7.54. The molecule has 3 amide bonds. The van der Waals surface area contributed by atoms with Crippen molar-refractivity contribution in [3.63, 3.8) is 0 Å². The van der Waals surface area contributed by atoms with Gasteiger partial charge in [-0.1, -0.05) is 103 Å². The van der Waals surface area contributed by atoms with Crippen LogP contribution in [0.1, 0.15) is 28.7 Å². The van der Waals surface area contributed by atoms with E-state index in [2.05, 4.69) is 10.6 Å². The van der Waals surface area contributed by atoms with E-state index in [0.717, 1.165) is 11.6 Å². The van der Waals surface area contributed by atoms with Crippen molar-refractivity contribution in [3.8, 4) is 0 Å². The van der Waals surface area contributed by atoms with Crippen LogP contribution >= 0.6 is 19.2 Å². The molecule has 1 aliphatic rings. The van der Waals surface area contributed by atoms with E-state index in [1.165, 1.54) is 25.2 Å². The number of halogens is 4. The molecule has 0 spiro atoms. The number of para-hydroxylation sites is 1. The molecular formula is C40H39ClF3N4O7P. The van der Waals surface area contributed by atoms with Crippen LogP contribution < -0.4 is 15.5 Å². The summed E-state index contributed by atoms with van der Waals surface area (Å²) in [6.07, 6.45) is -1.80. The zero-order chi connectivity index (χ0) is 40.3. The van der Waals surface area contributed by atoms with Gasteiger partial charge in [-0.25, -0.2) is 4.79 Å². The number of fused-ring (bicyclic) bond motifs is 1. The SMILES string of the molecule is COP(=O)(C/C=C/[C@@H](CCc1ccccc1)NC(=O)CN1C(=O)[C@@H](COC(=O)Nc2ccc(Cl)cc2C(F)(F)F)N=C(c2ccccc2)c2ccccc21)OC. The number of hydrogen-bond donors (Lipinski definition) is 2. The lowest BCUT2D eigenvalue weighted by Gasteiger charge is -2.26. The van der Waals surface area contributed by atoms with Gasteiger partial charge in [0.1, 0.15) is 13.2 Å². The Kier molecular flexibility index (Phi) is 14.2. The first-order valence-corrected chi connectivity index (χ1v) is 19.5. The number of rotatable bonds is 15. The molecule has 16 heteroatoms. The van der Waals surface area contributed by atoms with Crippen LogP contribution in [0.4, 0.5) is 29.3 Å². The number of aliphatic imine (C=N–C) groups is 1. The summed E-state index contributed by atoms with van der Waals surface area (Å²) in [7, 11) is -0.809. The number of carbonyl (C=O) groups is 3. The molecule has 0 unspecified atom stereocenters. The number of amides is 3. The minimum Gasteiger partial charge on any atom is -0.446 e. The van der Waals surface area contributed by atoms with Crippen LogP contribution in [0.3, 0.4) is 0 Å². The van der Waals surface area contributed by atoms with Crippen molar-refractivity contribution in [1.29, 1.82) is 0 Å². The van der Waals surface area contributed by atoms with Crippen molar-refractivity contribution < 1.29 is 45.9 Å². The third-order valence-electron chi connectivity index (χ3n) is 8.72. The van der Waals surface area contributed by atoms with Gasteiger partial charge in [-0.15, -0.1) is 0 Å². The maximum atomic E-state index is 14.4. The number of alkyl halides is 3. The van der Waals surface area contributed by atoms with Crippen molar-refractivity contribution in [1.82, 2.24) is 5.32 Å². The van der Waals surface area contributed by atoms with Crippen LogP contribution in [0, 0.1) is 0 Å². The number of carbonyl (C=O) groups excluding carboxylic acids is 3. The van der Waals surface area contributed by atoms with E-state index in [4.69, 9.17) is 30.4 Å². The van der Waals surface area contributed by atoms with Crippen molar-refractivity contribution in [2.45, 2.75) is 31.1 Å². The Morgan fingerprint density at radius 3 is 2.30 bits per heavy atom. The number of ether oxygens (including phenoxy) is 1. The Hall–Kier alpha value is -5.27. The molecule has 0 radical (unpaired) electrons. The molecule has 0 fully saturated rings. The number of allylic oxidation sites excluding steroid dienone is 1. The van der Waals surface area contributed by atoms with Crippen LogP contribution in [0.15, 0.2) is 120 Å². The van der Waals surface area contributed by atoms with Gasteiger partial charge in [0, 0.05) is 36.4 Å². The molecular weight excluding hydrogens is 772 g/mol. The number of nitrogens with one attached hydrogen (secondary N) is 2. The first kappa shape index (κ1) is 41.9. The van der Waals surface area contributed by atoms with Crippen molar-refractivity contribution >= 4 is 54.2 Å². The number of benzene rings is 4. The van der Waals surface area contributed by atoms with Gasteiger partial charge in [0.25, 0.3) is 5.91 Å². The largest absolute Gasteiger partial charge is 0.446 e. The van der Waals surface area contributed by atoms with Crippen molar-refractivity contribution in [2.75, 3.05) is 43.7 Å². The normalized spacial score (nSPS) is 15.1. The zero-order valence-electron chi connectivity index (χ0n) is 30.4. The van der Waals surface area contributed by atoms with Gasteiger partial charge in [-0.2, -0.15) is 13.2 Å². The van der Waals surface area contributed by atoms with Crippen molar-refractivity contribution in [3.05, 3.63) is 143 Å². The number of nitrogens with zero attached hydrogens (tertiary/aromatic N) is 2. The van der Waals surface area contributed by atoms with Crippen LogP contribution in [-0.4, -0.2) is 69.2 Å². The maximum absolute atomic E-state index is 14.4. The second-order valence-electron chi connectivity index (χ2n) is 12.5. The lowest BCUT2D eigenvalue weighted by atomic mass is 10.00. The van der Waals surface area contributed by atoms with Crippen LogP contribution in [0.5, 0.6) is 0 Å². The molecule has 5 rings (SSSR count). The molecule has 0 saturated heterocycles. The number of benzodiazepines with no additional fused rings is 1. The van der Waals surface area contributed by atoms with Gasteiger partial charge in [-0.3, -0.25) is 24.5 Å². The zero-order valence-corrected chi connectivity index (χ0v) is 32.0. The van der Waals surface area contributed by atoms with E-state index in [1.54, 1.807) is 66.7 Å². The predicted octanol–water partition coefficient (Wildman–Crippen LogP) is 8.32. The molecule has 2 N–H and O–H groups in total. The molecule has 2 atom stereocenters. The first-order chi connectivity index (χ1) is 26.8. The summed E-state index contributed by atoms with van der Waals surface area (Å²) in [5.74, 6) is -1.24. The second kappa shape index (κ2) is 19.1. The quantitative estimate of drug-likeness (QED) is 0.0911. The Labute approximate surface area is 327 Å². The molecule has 11 nitrogen and oxygen atoms in total. The van der Waals surface area contributed by atoms with Gasteiger partial charge in [0.2, 0.25) is 5.91 Å². The Morgan fingerprint density at radius 1 is 0.964 bits per heavy atom. The van der Waals surface area contributed by atoms with E-state index in [-0.39, 0.29) is 11.2 Å². The summed E-state index contributed by atoms with van der Waals surface area (Å²) in [5.41, 5.74) is 1.11. The summed E-state index contributed by atoms with van der Waals surface area (Å²) in [5, 5.41) is 4.85. The summed E-state index contributed by atoms with van der Waals surface area (Å²) in [6, 6.07) is 26.3. The number of anilines is 2. The Morgan fingerprint density at radius 2 is 1.62 bits per heavy atom. The summed E-state index contributed by atoms with van der Waals surface area (Å²) in [4.78, 5) is 47.1. The fraction of sp³-hybridized carbons (Fsp3) is 0.250. The third kappa shape index (κ3) is 11.2. The molecule has 1 heterocycles. The van der Waals surface area contributed by atoms with E-state index < -0.39 is 68.2 Å². The van der Waals surface area contributed by atoms with Gasteiger partial charge in [0.05, 0.1) is 28.8 Å². The van der Waals surface area contributed by atoms with Crippen LogP contribution in [-0.2, 0) is 40.5 Å². The maximum Gasteiger partial charge on any atom is 0.418 e. The second-order valence-corrected chi connectivity index (χ2v) is 15.3. The summed E-state index contributed by atoms with van der Waals surface area (Å²) >= 11 is 5.77. The molecule has 0 saturated carbocycles. The highest BCUT2D eigenvalue weighted by Gasteiger charge is 2.36. The number of aryl methyl sites for hydroxylation is 1. The Bertz CT molecular complexity index is 2110. The van der Waals surface area contributed by atoms with Gasteiger partial charge in [-0.05, 0) is 42.7 Å². The molecule has 56 heavy (non-hydrogen) atoms. The minimum atomic E-state index is -4.83. The fourth-order valence-corrected chi connectivity index (χ4v) is 6.90. The first-order valence-electron chi connectivity index (χ1n) is 17.3. The van der Waals surface area contributed by atoms with E-state index in [0.29, 0.717) is 41.4 Å². The van der Waals surface area contributed by atoms with Crippen LogP contribution in [0.25, 0.3) is 0 Å². The van der Waals surface area contributed by atoms with Gasteiger partial charge in [0.15, 0.2) is 6.04 Å². The highest BCUT2D eigenvalue weighted by atomic mass is 35.5.